The summed E-state index contributed by atoms with van der Waals surface area (Å²) < 4.78 is 10.6. The molecule has 118 valence electrons. The Morgan fingerprint density at radius 3 is 2.43 bits per heavy atom. The Balaban J connectivity index is 0.00000220. The third-order valence-corrected chi connectivity index (χ3v) is 3.73. The van der Waals surface area contributed by atoms with Crippen molar-refractivity contribution in [2.45, 2.75) is 13.3 Å². The number of carbonyl (C=O) groups excluding carboxylic acids is 1. The van der Waals surface area contributed by atoms with Gasteiger partial charge in [0.05, 0.1) is 14.2 Å². The van der Waals surface area contributed by atoms with Gasteiger partial charge in [0, 0.05) is 17.7 Å². The fraction of sp³-hybridized carbons (Fsp3) is 0.533. The van der Waals surface area contributed by atoms with E-state index >= 15 is 0 Å². The van der Waals surface area contributed by atoms with E-state index in [2.05, 4.69) is 10.6 Å². The lowest BCUT2D eigenvalue weighted by molar-refractivity contribution is 0.0947. The summed E-state index contributed by atoms with van der Waals surface area (Å²) in [5, 5.41) is 6.26. The topological polar surface area (TPSA) is 59.6 Å². The molecule has 0 radical (unpaired) electrons. The van der Waals surface area contributed by atoms with Gasteiger partial charge in [0.2, 0.25) is 0 Å². The average Bonchev–Trinajstić information content (AvgIpc) is 2.98. The molecule has 2 rings (SSSR count). The maximum absolute atomic E-state index is 12.2. The van der Waals surface area contributed by atoms with E-state index in [4.69, 9.17) is 9.47 Å². The summed E-state index contributed by atoms with van der Waals surface area (Å²) in [6.07, 6.45) is 1.11. The van der Waals surface area contributed by atoms with Gasteiger partial charge in [0.25, 0.3) is 5.91 Å². The Morgan fingerprint density at radius 1 is 1.33 bits per heavy atom. The molecule has 0 bridgehead atoms. The summed E-state index contributed by atoms with van der Waals surface area (Å²) in [5.41, 5.74) is 1.46. The van der Waals surface area contributed by atoms with Crippen LogP contribution in [0.3, 0.4) is 0 Å². The zero-order valence-corrected chi connectivity index (χ0v) is 13.5. The molecule has 1 fully saturated rings. The van der Waals surface area contributed by atoms with Gasteiger partial charge in [-0.2, -0.15) is 0 Å². The Hall–Kier alpha value is -1.46. The lowest BCUT2D eigenvalue weighted by Crippen LogP contribution is -2.30. The normalized spacial score (nSPS) is 17.0. The van der Waals surface area contributed by atoms with E-state index in [1.807, 2.05) is 6.92 Å². The van der Waals surface area contributed by atoms with E-state index in [1.165, 1.54) is 0 Å². The van der Waals surface area contributed by atoms with Crippen LogP contribution in [0.25, 0.3) is 0 Å². The largest absolute Gasteiger partial charge is 0.496 e. The van der Waals surface area contributed by atoms with Gasteiger partial charge in [-0.3, -0.25) is 4.79 Å². The fourth-order valence-corrected chi connectivity index (χ4v) is 2.44. The number of benzene rings is 1. The Kier molecular flexibility index (Phi) is 6.78. The van der Waals surface area contributed by atoms with Gasteiger partial charge in [-0.15, -0.1) is 12.4 Å². The lowest BCUT2D eigenvalue weighted by Gasteiger charge is -2.14. The highest BCUT2D eigenvalue weighted by molar-refractivity contribution is 5.95. The van der Waals surface area contributed by atoms with Crippen molar-refractivity contribution in [3.05, 3.63) is 23.3 Å². The maximum Gasteiger partial charge on any atom is 0.251 e. The van der Waals surface area contributed by atoms with E-state index < -0.39 is 0 Å². The number of carbonyl (C=O) groups is 1. The molecular formula is C15H23ClN2O3. The molecule has 5 nitrogen and oxygen atoms in total. The summed E-state index contributed by atoms with van der Waals surface area (Å²) in [6.45, 7) is 4.61. The molecule has 6 heteroatoms. The molecule has 1 amide bonds. The highest BCUT2D eigenvalue weighted by Crippen LogP contribution is 2.29. The van der Waals surface area contributed by atoms with Gasteiger partial charge in [-0.25, -0.2) is 0 Å². The number of halogens is 1. The third kappa shape index (κ3) is 4.25. The summed E-state index contributed by atoms with van der Waals surface area (Å²) in [4.78, 5) is 12.2. The van der Waals surface area contributed by atoms with E-state index in [0.29, 0.717) is 29.5 Å². The van der Waals surface area contributed by atoms with Gasteiger partial charge in [0.15, 0.2) is 0 Å². The van der Waals surface area contributed by atoms with Crippen molar-refractivity contribution >= 4 is 18.3 Å². The molecule has 1 heterocycles. The van der Waals surface area contributed by atoms with Crippen LogP contribution in [0, 0.1) is 12.8 Å². The molecule has 1 aliphatic heterocycles. The second kappa shape index (κ2) is 8.10. The van der Waals surface area contributed by atoms with E-state index in [-0.39, 0.29) is 18.3 Å². The van der Waals surface area contributed by atoms with E-state index in [1.54, 1.807) is 26.4 Å². The lowest BCUT2D eigenvalue weighted by atomic mass is 10.1. The molecule has 1 unspecified atom stereocenters. The molecule has 0 saturated carbocycles. The SMILES string of the molecule is COc1cc(C(=O)NCC2CCNC2)cc(OC)c1C.Cl. The van der Waals surface area contributed by atoms with Crippen molar-refractivity contribution in [1.29, 1.82) is 0 Å². The van der Waals surface area contributed by atoms with Crippen molar-refractivity contribution in [2.75, 3.05) is 33.9 Å². The molecule has 1 aliphatic rings. The van der Waals surface area contributed by atoms with Crippen molar-refractivity contribution in [1.82, 2.24) is 10.6 Å². The Labute approximate surface area is 131 Å². The van der Waals surface area contributed by atoms with Crippen LogP contribution < -0.4 is 20.1 Å². The second-order valence-electron chi connectivity index (χ2n) is 5.07. The van der Waals surface area contributed by atoms with Gasteiger partial charge >= 0.3 is 0 Å². The fourth-order valence-electron chi connectivity index (χ4n) is 2.44. The minimum Gasteiger partial charge on any atom is -0.496 e. The number of hydrogen-bond acceptors (Lipinski definition) is 4. The number of rotatable bonds is 5. The van der Waals surface area contributed by atoms with Crippen LogP contribution >= 0.6 is 12.4 Å². The van der Waals surface area contributed by atoms with Crippen LogP contribution in [0.5, 0.6) is 11.5 Å². The number of methoxy groups -OCH3 is 2. The molecule has 1 aromatic carbocycles. The average molecular weight is 315 g/mol. The zero-order valence-electron chi connectivity index (χ0n) is 12.7. The first-order valence-corrected chi connectivity index (χ1v) is 6.87. The van der Waals surface area contributed by atoms with Crippen molar-refractivity contribution < 1.29 is 14.3 Å². The first-order chi connectivity index (χ1) is 9.65. The molecule has 21 heavy (non-hydrogen) atoms. The number of amides is 1. The minimum absolute atomic E-state index is 0. The van der Waals surface area contributed by atoms with Gasteiger partial charge in [-0.1, -0.05) is 0 Å². The van der Waals surface area contributed by atoms with Crippen molar-refractivity contribution in [2.24, 2.45) is 5.92 Å². The standard InChI is InChI=1S/C15H22N2O3.ClH/c1-10-13(19-2)6-12(7-14(10)20-3)15(18)17-9-11-4-5-16-8-11;/h6-7,11,16H,4-5,8-9H2,1-3H3,(H,17,18);1H. The van der Waals surface area contributed by atoms with Gasteiger partial charge < -0.3 is 20.1 Å². The monoisotopic (exact) mass is 314 g/mol. The van der Waals surface area contributed by atoms with Gasteiger partial charge in [0.1, 0.15) is 11.5 Å². The summed E-state index contributed by atoms with van der Waals surface area (Å²) >= 11 is 0. The maximum atomic E-state index is 12.2. The van der Waals surface area contributed by atoms with Crippen LogP contribution in [-0.4, -0.2) is 39.8 Å². The number of nitrogens with one attached hydrogen (secondary N) is 2. The Morgan fingerprint density at radius 2 is 1.95 bits per heavy atom. The van der Waals surface area contributed by atoms with E-state index in [0.717, 1.165) is 25.1 Å². The molecule has 1 aromatic rings. The third-order valence-electron chi connectivity index (χ3n) is 3.73. The van der Waals surface area contributed by atoms with Crippen molar-refractivity contribution in [3.8, 4) is 11.5 Å². The first kappa shape index (κ1) is 17.6. The minimum atomic E-state index is -0.0894. The predicted octanol–water partition coefficient (Wildman–Crippen LogP) is 1.77. The molecular weight excluding hydrogens is 292 g/mol. The molecule has 0 aromatic heterocycles. The highest BCUT2D eigenvalue weighted by Gasteiger charge is 2.17. The summed E-state index contributed by atoms with van der Waals surface area (Å²) in [5.74, 6) is 1.76. The second-order valence-corrected chi connectivity index (χ2v) is 5.07. The quantitative estimate of drug-likeness (QED) is 0.869. The number of ether oxygens (including phenoxy) is 2. The molecule has 1 saturated heterocycles. The van der Waals surface area contributed by atoms with Gasteiger partial charge in [-0.05, 0) is 44.5 Å². The van der Waals surface area contributed by atoms with Crippen LogP contribution in [0.2, 0.25) is 0 Å². The van der Waals surface area contributed by atoms with E-state index in [9.17, 15) is 4.79 Å². The van der Waals surface area contributed by atoms with Crippen LogP contribution in [-0.2, 0) is 0 Å². The Bertz CT molecular complexity index is 463. The summed E-state index contributed by atoms with van der Waals surface area (Å²) in [6, 6.07) is 3.50. The molecule has 1 atom stereocenters. The highest BCUT2D eigenvalue weighted by atomic mass is 35.5. The molecule has 2 N–H and O–H groups in total. The number of hydrogen-bond donors (Lipinski definition) is 2. The van der Waals surface area contributed by atoms with Crippen LogP contribution in [0.1, 0.15) is 22.3 Å². The van der Waals surface area contributed by atoms with Crippen LogP contribution in [0.4, 0.5) is 0 Å². The smallest absolute Gasteiger partial charge is 0.251 e. The predicted molar refractivity (Wildman–Crippen MR) is 84.8 cm³/mol. The first-order valence-electron chi connectivity index (χ1n) is 6.87. The zero-order chi connectivity index (χ0) is 14.5. The molecule has 0 spiro atoms. The molecule has 0 aliphatic carbocycles. The van der Waals surface area contributed by atoms with Crippen molar-refractivity contribution in [3.63, 3.8) is 0 Å². The van der Waals surface area contributed by atoms with Crippen LogP contribution in [0.15, 0.2) is 12.1 Å². The summed E-state index contributed by atoms with van der Waals surface area (Å²) in [7, 11) is 3.18.